The summed E-state index contributed by atoms with van der Waals surface area (Å²) in [6.07, 6.45) is 3.27. The highest BCUT2D eigenvalue weighted by Gasteiger charge is 2.12. The summed E-state index contributed by atoms with van der Waals surface area (Å²) in [5, 5.41) is 0. The first-order chi connectivity index (χ1) is 13.5. The van der Waals surface area contributed by atoms with Gasteiger partial charge in [0.05, 0.1) is 5.69 Å². The number of aryl methyl sites for hydroxylation is 1. The number of benzene rings is 2. The molecule has 0 aliphatic rings. The third-order valence-electron chi connectivity index (χ3n) is 3.81. The van der Waals surface area contributed by atoms with Gasteiger partial charge in [-0.3, -0.25) is 4.98 Å². The van der Waals surface area contributed by atoms with E-state index in [1.807, 2.05) is 13.0 Å². The van der Waals surface area contributed by atoms with E-state index in [4.69, 9.17) is 0 Å². The molecule has 0 radical (unpaired) electrons. The van der Waals surface area contributed by atoms with Crippen LogP contribution in [0.5, 0.6) is 0 Å². The van der Waals surface area contributed by atoms with Gasteiger partial charge in [-0.2, -0.15) is 0 Å². The average Bonchev–Trinajstić information content (AvgIpc) is 2.73. The number of pyridine rings is 1. The molecule has 0 aliphatic carbocycles. The number of rotatable bonds is 3. The van der Waals surface area contributed by atoms with Crippen molar-refractivity contribution < 1.29 is 13.2 Å². The summed E-state index contributed by atoms with van der Waals surface area (Å²) in [6, 6.07) is 10.6. The summed E-state index contributed by atoms with van der Waals surface area (Å²) >= 11 is 0. The van der Waals surface area contributed by atoms with Crippen molar-refractivity contribution in [3.8, 4) is 11.1 Å². The maximum absolute atomic E-state index is 13.4. The van der Waals surface area contributed by atoms with E-state index in [1.165, 1.54) is 7.05 Å². The number of nitrogens with two attached hydrogens (primary N) is 1. The lowest BCUT2D eigenvalue weighted by Crippen LogP contribution is -1.97. The fraction of sp³-hybridized carbons (Fsp3) is 0.0952. The Hall–Kier alpha value is -3.32. The van der Waals surface area contributed by atoms with Gasteiger partial charge >= 0.3 is 0 Å². The summed E-state index contributed by atoms with van der Waals surface area (Å²) in [6.45, 7) is 5.34. The maximum atomic E-state index is 13.4. The number of hydrogen-bond acceptors (Lipinski definition) is 3. The first-order valence-electron chi connectivity index (χ1n) is 8.28. The van der Waals surface area contributed by atoms with Crippen molar-refractivity contribution in [2.45, 2.75) is 6.92 Å². The molecule has 4 nitrogen and oxygen atoms in total. The van der Waals surface area contributed by atoms with Crippen LogP contribution in [0.3, 0.4) is 0 Å². The predicted octanol–water partition coefficient (Wildman–Crippen LogP) is 4.83. The highest BCUT2D eigenvalue weighted by molar-refractivity contribution is 6.02. The van der Waals surface area contributed by atoms with E-state index in [0.29, 0.717) is 22.6 Å². The van der Waals surface area contributed by atoms with Crippen molar-refractivity contribution in [1.82, 2.24) is 4.98 Å². The molecule has 2 N–H and O–H groups in total. The van der Waals surface area contributed by atoms with Gasteiger partial charge in [-0.15, -0.1) is 0 Å². The SMILES string of the molecule is C=NC(=Nc1ccc(-c2cc(F)c(F)c(F)c2)cc1C)c1cccnc1.CN. The minimum Gasteiger partial charge on any atom is -0.333 e. The average molecular weight is 384 g/mol. The maximum Gasteiger partial charge on any atom is 0.194 e. The molecule has 0 saturated heterocycles. The van der Waals surface area contributed by atoms with Gasteiger partial charge < -0.3 is 5.73 Å². The van der Waals surface area contributed by atoms with Gasteiger partial charge in [-0.1, -0.05) is 6.07 Å². The van der Waals surface area contributed by atoms with Crippen LogP contribution in [0.1, 0.15) is 11.1 Å². The summed E-state index contributed by atoms with van der Waals surface area (Å²) in [7, 11) is 1.50. The molecule has 28 heavy (non-hydrogen) atoms. The number of halogens is 3. The Morgan fingerprint density at radius 1 is 1.00 bits per heavy atom. The minimum absolute atomic E-state index is 0.245. The smallest absolute Gasteiger partial charge is 0.194 e. The van der Waals surface area contributed by atoms with E-state index in [1.54, 1.807) is 36.7 Å². The molecule has 0 spiro atoms. The molecule has 2 aromatic carbocycles. The van der Waals surface area contributed by atoms with E-state index in [-0.39, 0.29) is 5.56 Å². The quantitative estimate of drug-likeness (QED) is 0.399. The molecule has 0 aliphatic heterocycles. The lowest BCUT2D eigenvalue weighted by atomic mass is 10.0. The fourth-order valence-corrected chi connectivity index (χ4v) is 2.48. The summed E-state index contributed by atoms with van der Waals surface area (Å²) in [5.74, 6) is -3.53. The minimum atomic E-state index is -1.48. The van der Waals surface area contributed by atoms with Crippen LogP contribution >= 0.6 is 0 Å². The molecule has 3 aromatic rings. The van der Waals surface area contributed by atoms with Crippen LogP contribution in [0.25, 0.3) is 11.1 Å². The Balaban J connectivity index is 0.00000136. The highest BCUT2D eigenvalue weighted by atomic mass is 19.2. The fourth-order valence-electron chi connectivity index (χ4n) is 2.48. The molecule has 0 saturated carbocycles. The number of aromatic nitrogens is 1. The van der Waals surface area contributed by atoms with Gasteiger partial charge in [0.2, 0.25) is 0 Å². The molecule has 0 bridgehead atoms. The Morgan fingerprint density at radius 2 is 1.68 bits per heavy atom. The van der Waals surface area contributed by atoms with E-state index in [2.05, 4.69) is 27.4 Å². The molecule has 0 amide bonds. The third-order valence-corrected chi connectivity index (χ3v) is 3.81. The van der Waals surface area contributed by atoms with Crippen molar-refractivity contribution in [3.63, 3.8) is 0 Å². The second-order valence-corrected chi connectivity index (χ2v) is 5.59. The Morgan fingerprint density at radius 3 is 2.21 bits per heavy atom. The van der Waals surface area contributed by atoms with Crippen molar-refractivity contribution in [3.05, 3.63) is 83.4 Å². The monoisotopic (exact) mass is 384 g/mol. The largest absolute Gasteiger partial charge is 0.333 e. The predicted molar refractivity (Wildman–Crippen MR) is 107 cm³/mol. The van der Waals surface area contributed by atoms with Crippen LogP contribution in [0, 0.1) is 24.4 Å². The standard InChI is InChI=1S/C20H14F3N3.CH5N/c1-12-8-13(15-9-16(21)19(23)17(22)10-15)5-6-18(12)26-20(24-2)14-4-3-7-25-11-14;1-2/h3-11H,2H2,1H3;2H2,1H3. The van der Waals surface area contributed by atoms with Crippen LogP contribution in [-0.2, 0) is 0 Å². The molecule has 0 unspecified atom stereocenters. The first-order valence-corrected chi connectivity index (χ1v) is 8.28. The first kappa shape index (κ1) is 21.0. The van der Waals surface area contributed by atoms with Gasteiger partial charge in [-0.05, 0) is 73.8 Å². The van der Waals surface area contributed by atoms with Crippen molar-refractivity contribution >= 4 is 18.2 Å². The molecule has 0 atom stereocenters. The zero-order valence-electron chi connectivity index (χ0n) is 15.5. The summed E-state index contributed by atoms with van der Waals surface area (Å²) in [4.78, 5) is 12.4. The second-order valence-electron chi connectivity index (χ2n) is 5.59. The van der Waals surface area contributed by atoms with Crippen molar-refractivity contribution in [2.24, 2.45) is 15.7 Å². The zero-order chi connectivity index (χ0) is 20.7. The lowest BCUT2D eigenvalue weighted by molar-refractivity contribution is 0.448. The Kier molecular flexibility index (Phi) is 7.17. The van der Waals surface area contributed by atoms with Crippen LogP contribution < -0.4 is 5.73 Å². The normalized spacial score (nSPS) is 10.9. The van der Waals surface area contributed by atoms with Crippen LogP contribution in [0.2, 0.25) is 0 Å². The van der Waals surface area contributed by atoms with Crippen molar-refractivity contribution in [1.29, 1.82) is 0 Å². The summed E-state index contributed by atoms with van der Waals surface area (Å²) < 4.78 is 40.0. The molecule has 1 heterocycles. The topological polar surface area (TPSA) is 63.6 Å². The molecular formula is C21H19F3N4. The van der Waals surface area contributed by atoms with Gasteiger partial charge in [0.1, 0.15) is 0 Å². The molecular weight excluding hydrogens is 365 g/mol. The number of amidine groups is 1. The van der Waals surface area contributed by atoms with Crippen molar-refractivity contribution in [2.75, 3.05) is 7.05 Å². The lowest BCUT2D eigenvalue weighted by Gasteiger charge is -2.08. The number of aliphatic imine (C=N–C) groups is 2. The molecule has 144 valence electrons. The van der Waals surface area contributed by atoms with E-state index < -0.39 is 17.5 Å². The number of nitrogens with zero attached hydrogens (tertiary/aromatic N) is 3. The van der Waals surface area contributed by atoms with Crippen LogP contribution in [0.4, 0.5) is 18.9 Å². The molecule has 7 heteroatoms. The molecule has 1 aromatic heterocycles. The highest BCUT2D eigenvalue weighted by Crippen LogP contribution is 2.29. The van der Waals surface area contributed by atoms with Gasteiger partial charge in [-0.25, -0.2) is 23.2 Å². The van der Waals surface area contributed by atoms with Crippen LogP contribution in [-0.4, -0.2) is 24.6 Å². The summed E-state index contributed by atoms with van der Waals surface area (Å²) in [5.41, 5.74) is 7.40. The van der Waals surface area contributed by atoms with E-state index >= 15 is 0 Å². The number of hydrogen-bond donors (Lipinski definition) is 1. The van der Waals surface area contributed by atoms with Gasteiger partial charge in [0, 0.05) is 18.0 Å². The molecule has 3 rings (SSSR count). The van der Waals surface area contributed by atoms with Gasteiger partial charge in [0.25, 0.3) is 0 Å². The van der Waals surface area contributed by atoms with Crippen LogP contribution in [0.15, 0.2) is 64.8 Å². The second kappa shape index (κ2) is 9.57. The third kappa shape index (κ3) is 4.69. The Labute approximate surface area is 161 Å². The molecule has 0 fully saturated rings. The Bertz CT molecular complexity index is 979. The van der Waals surface area contributed by atoms with E-state index in [0.717, 1.165) is 17.7 Å². The van der Waals surface area contributed by atoms with E-state index in [9.17, 15) is 13.2 Å². The zero-order valence-corrected chi connectivity index (χ0v) is 15.5. The van der Waals surface area contributed by atoms with Gasteiger partial charge in [0.15, 0.2) is 23.3 Å².